The molecule has 1 aromatic heterocycles. The number of piperazine rings is 1. The largest absolute Gasteiger partial charge is 0.508 e. The van der Waals surface area contributed by atoms with E-state index in [9.17, 15) is 14.3 Å². The van der Waals surface area contributed by atoms with E-state index in [1.807, 2.05) is 18.2 Å². The molecule has 10 heteroatoms. The number of hydrogen-bond donors (Lipinski definition) is 5. The van der Waals surface area contributed by atoms with Gasteiger partial charge in [-0.2, -0.15) is 0 Å². The molecule has 36 heavy (non-hydrogen) atoms. The Morgan fingerprint density at radius 3 is 2.58 bits per heavy atom. The molecule has 0 radical (unpaired) electrons. The van der Waals surface area contributed by atoms with Crippen LogP contribution in [-0.2, 0) is 6.54 Å². The number of nitrogens with zero attached hydrogens (tertiary/aromatic N) is 3. The molecule has 3 aromatic rings. The number of phenolic OH excluding ortho intramolecular Hbond substituents is 1. The minimum Gasteiger partial charge on any atom is -0.508 e. The van der Waals surface area contributed by atoms with Crippen molar-refractivity contribution in [3.63, 3.8) is 0 Å². The van der Waals surface area contributed by atoms with Crippen LogP contribution in [0.3, 0.4) is 0 Å². The molecule has 2 aliphatic heterocycles. The summed E-state index contributed by atoms with van der Waals surface area (Å²) in [5, 5.41) is 28.3. The van der Waals surface area contributed by atoms with E-state index in [2.05, 4.69) is 30.7 Å². The van der Waals surface area contributed by atoms with E-state index in [0.717, 1.165) is 38.3 Å². The van der Waals surface area contributed by atoms with Crippen molar-refractivity contribution in [3.8, 4) is 5.75 Å². The van der Waals surface area contributed by atoms with E-state index in [4.69, 9.17) is 5.11 Å². The summed E-state index contributed by atoms with van der Waals surface area (Å²) in [6.07, 6.45) is 1.53. The molecule has 1 fully saturated rings. The van der Waals surface area contributed by atoms with Crippen molar-refractivity contribution in [3.05, 3.63) is 65.1 Å². The summed E-state index contributed by atoms with van der Waals surface area (Å²) in [7, 11) is 0. The third kappa shape index (κ3) is 4.97. The van der Waals surface area contributed by atoms with Crippen molar-refractivity contribution < 1.29 is 19.4 Å². The molecular formula is C26H29FN6O3. The fourth-order valence-electron chi connectivity index (χ4n) is 4.58. The second-order valence-corrected chi connectivity index (χ2v) is 9.13. The molecule has 0 aliphatic carbocycles. The lowest BCUT2D eigenvalue weighted by molar-refractivity contribution is 0.102. The lowest BCUT2D eigenvalue weighted by Gasteiger charge is -2.34. The number of aliphatic hydroxyl groups excluding tert-OH is 1. The topological polar surface area (TPSA) is 113 Å². The molecule has 2 aromatic carbocycles. The van der Waals surface area contributed by atoms with E-state index < -0.39 is 5.82 Å². The monoisotopic (exact) mass is 492 g/mol. The average Bonchev–Trinajstić information content (AvgIpc) is 2.99. The number of hydrogen-bond acceptors (Lipinski definition) is 8. The van der Waals surface area contributed by atoms with Crippen LogP contribution in [-0.4, -0.2) is 70.2 Å². The number of amides is 1. The van der Waals surface area contributed by atoms with Gasteiger partial charge in [0.1, 0.15) is 22.9 Å². The molecule has 3 heterocycles. The molecule has 5 N–H and O–H groups in total. The molecular weight excluding hydrogens is 463 g/mol. The van der Waals surface area contributed by atoms with Crippen LogP contribution in [0.5, 0.6) is 5.75 Å². The van der Waals surface area contributed by atoms with Gasteiger partial charge in [-0.1, -0.05) is 6.07 Å². The molecule has 9 nitrogen and oxygen atoms in total. The van der Waals surface area contributed by atoms with Crippen molar-refractivity contribution in [2.24, 2.45) is 0 Å². The van der Waals surface area contributed by atoms with Gasteiger partial charge >= 0.3 is 0 Å². The summed E-state index contributed by atoms with van der Waals surface area (Å²) < 4.78 is 14.5. The highest BCUT2D eigenvalue weighted by Crippen LogP contribution is 2.36. The van der Waals surface area contributed by atoms with Gasteiger partial charge in [-0.3, -0.25) is 14.6 Å². The maximum Gasteiger partial charge on any atom is 0.261 e. The van der Waals surface area contributed by atoms with Crippen LogP contribution in [0, 0.1) is 12.7 Å². The second-order valence-electron chi connectivity index (χ2n) is 9.13. The lowest BCUT2D eigenvalue weighted by atomic mass is 10.1. The van der Waals surface area contributed by atoms with Gasteiger partial charge in [-0.25, -0.2) is 9.37 Å². The minimum atomic E-state index is -0.539. The molecule has 0 saturated carbocycles. The zero-order valence-corrected chi connectivity index (χ0v) is 20.0. The van der Waals surface area contributed by atoms with Gasteiger partial charge in [0.15, 0.2) is 0 Å². The van der Waals surface area contributed by atoms with Crippen LogP contribution >= 0.6 is 0 Å². The predicted molar refractivity (Wildman–Crippen MR) is 137 cm³/mol. The Balaban J connectivity index is 1.35. The third-order valence-corrected chi connectivity index (χ3v) is 6.61. The maximum absolute atomic E-state index is 14.5. The molecule has 188 valence electrons. The van der Waals surface area contributed by atoms with Crippen LogP contribution in [0.2, 0.25) is 0 Å². The molecule has 5 rings (SSSR count). The van der Waals surface area contributed by atoms with Crippen molar-refractivity contribution >= 4 is 34.5 Å². The van der Waals surface area contributed by atoms with Crippen LogP contribution in [0.4, 0.5) is 33.0 Å². The van der Waals surface area contributed by atoms with Gasteiger partial charge < -0.3 is 26.2 Å². The van der Waals surface area contributed by atoms with Gasteiger partial charge in [-0.05, 0) is 42.3 Å². The van der Waals surface area contributed by atoms with Crippen LogP contribution in [0.1, 0.15) is 21.5 Å². The number of phenols is 1. The molecule has 1 amide bonds. The summed E-state index contributed by atoms with van der Waals surface area (Å²) in [6.45, 7) is 6.90. The van der Waals surface area contributed by atoms with Gasteiger partial charge in [0.05, 0.1) is 29.4 Å². The Hall–Kier alpha value is -3.73. The number of carbonyl (C=O) groups excluding carboxylic acids is 1. The Labute approximate surface area is 208 Å². The SMILES string of the molecule is Cc1cc(F)c(Nc2ccnc3c2C(=O)Nc2cc(CN4CCN(CCO)CC4)ccc2N3)cc1O. The molecule has 0 unspecified atom stereocenters. The number of aliphatic hydroxyl groups is 1. The first-order valence-corrected chi connectivity index (χ1v) is 11.9. The highest BCUT2D eigenvalue weighted by Gasteiger charge is 2.25. The normalized spacial score (nSPS) is 15.9. The molecule has 2 aliphatic rings. The Morgan fingerprint density at radius 2 is 1.81 bits per heavy atom. The highest BCUT2D eigenvalue weighted by molar-refractivity contribution is 6.15. The summed E-state index contributed by atoms with van der Waals surface area (Å²) in [4.78, 5) is 22.2. The van der Waals surface area contributed by atoms with Crippen molar-refractivity contribution in [2.45, 2.75) is 13.5 Å². The number of aryl methyl sites for hydroxylation is 1. The first-order valence-electron chi connectivity index (χ1n) is 11.9. The summed E-state index contributed by atoms with van der Waals surface area (Å²) in [6, 6.07) is 10.0. The Morgan fingerprint density at radius 1 is 1.03 bits per heavy atom. The van der Waals surface area contributed by atoms with Crippen molar-refractivity contribution in [1.29, 1.82) is 0 Å². The smallest absolute Gasteiger partial charge is 0.261 e. The number of carbonyl (C=O) groups is 1. The summed E-state index contributed by atoms with van der Waals surface area (Å²) in [5.74, 6) is -0.613. The Bertz CT molecular complexity index is 1290. The lowest BCUT2D eigenvalue weighted by Crippen LogP contribution is -2.46. The van der Waals surface area contributed by atoms with E-state index in [0.29, 0.717) is 35.0 Å². The maximum atomic E-state index is 14.5. The van der Waals surface area contributed by atoms with E-state index in [1.165, 1.54) is 18.3 Å². The zero-order valence-electron chi connectivity index (χ0n) is 20.0. The van der Waals surface area contributed by atoms with Gasteiger partial charge in [-0.15, -0.1) is 0 Å². The number of nitrogens with one attached hydrogen (secondary N) is 3. The number of benzene rings is 2. The molecule has 0 spiro atoms. The fraction of sp³-hybridized carbons (Fsp3) is 0.308. The van der Waals surface area contributed by atoms with Crippen LogP contribution in [0.25, 0.3) is 0 Å². The number of rotatable bonds is 6. The van der Waals surface area contributed by atoms with E-state index >= 15 is 0 Å². The number of fused-ring (bicyclic) bond motifs is 2. The number of aromatic nitrogens is 1. The zero-order chi connectivity index (χ0) is 25.2. The first-order chi connectivity index (χ1) is 17.4. The van der Waals surface area contributed by atoms with E-state index in [-0.39, 0.29) is 29.5 Å². The van der Waals surface area contributed by atoms with Crippen LogP contribution < -0.4 is 16.0 Å². The molecule has 0 bridgehead atoms. The summed E-state index contributed by atoms with van der Waals surface area (Å²) in [5.41, 5.74) is 3.50. The molecule has 0 atom stereocenters. The highest BCUT2D eigenvalue weighted by atomic mass is 19.1. The van der Waals surface area contributed by atoms with Gasteiger partial charge in [0.2, 0.25) is 0 Å². The van der Waals surface area contributed by atoms with E-state index in [1.54, 1.807) is 13.0 Å². The standard InChI is InChI=1S/C26H29FN6O3/c1-16-12-18(27)21(14-23(16)35)29-20-4-5-28-25-24(20)26(36)31-22-13-17(2-3-19(22)30-25)15-33-8-6-32(7-9-33)10-11-34/h2-5,12-14,34-35H,6-11,15H2,1H3,(H,31,36)(H2,28,29,30). The Kier molecular flexibility index (Phi) is 6.73. The van der Waals surface area contributed by atoms with Gasteiger partial charge in [0.25, 0.3) is 5.91 Å². The quantitative estimate of drug-likeness (QED) is 0.356. The van der Waals surface area contributed by atoms with Crippen molar-refractivity contribution in [2.75, 3.05) is 55.3 Å². The van der Waals surface area contributed by atoms with Crippen LogP contribution in [0.15, 0.2) is 42.6 Å². The summed E-state index contributed by atoms with van der Waals surface area (Å²) >= 11 is 0. The third-order valence-electron chi connectivity index (χ3n) is 6.61. The average molecular weight is 493 g/mol. The number of anilines is 5. The number of β-amino-alcohol motifs (C(OH)–C–C–N with tert-alkyl or cyclic N) is 1. The minimum absolute atomic E-state index is 0.0450. The number of pyridine rings is 1. The number of aromatic hydroxyl groups is 1. The fourth-order valence-corrected chi connectivity index (χ4v) is 4.58. The first kappa shape index (κ1) is 24.0. The number of halogens is 1. The van der Waals surface area contributed by atoms with Gasteiger partial charge in [0, 0.05) is 51.5 Å². The predicted octanol–water partition coefficient (Wildman–Crippen LogP) is 3.40. The second kappa shape index (κ2) is 10.1. The van der Waals surface area contributed by atoms with Crippen molar-refractivity contribution in [1.82, 2.24) is 14.8 Å². The molecule has 1 saturated heterocycles.